The van der Waals surface area contributed by atoms with Crippen LogP contribution in [0.5, 0.6) is 0 Å². The Balaban J connectivity index is 1.91. The number of benzene rings is 1. The topological polar surface area (TPSA) is 29.1 Å². The number of allylic oxidation sites excluding steroid dienone is 2. The molecule has 1 fully saturated rings. The number of rotatable bonds is 3. The summed E-state index contributed by atoms with van der Waals surface area (Å²) in [6.45, 7) is 13.6. The van der Waals surface area contributed by atoms with Crippen molar-refractivity contribution in [2.45, 2.75) is 78.4 Å². The largest absolute Gasteiger partial charge is 0.381 e. The summed E-state index contributed by atoms with van der Waals surface area (Å²) in [7, 11) is -1.98. The fourth-order valence-corrected chi connectivity index (χ4v) is 8.46. The predicted molar refractivity (Wildman–Crippen MR) is 109 cm³/mol. The zero-order valence-corrected chi connectivity index (χ0v) is 17.8. The molecule has 1 amide bonds. The van der Waals surface area contributed by atoms with Gasteiger partial charge in [-0.25, -0.2) is 0 Å². The fraction of sp³-hybridized carbons (Fsp3) is 0.591. The molecule has 1 N–H and O–H groups in total. The van der Waals surface area contributed by atoms with Gasteiger partial charge >= 0.3 is 0 Å². The molecule has 0 heterocycles. The molecule has 1 unspecified atom stereocenters. The van der Waals surface area contributed by atoms with E-state index in [1.165, 1.54) is 52.7 Å². The van der Waals surface area contributed by atoms with Gasteiger partial charge in [-0.3, -0.25) is 4.79 Å². The van der Waals surface area contributed by atoms with Crippen molar-refractivity contribution in [1.29, 1.82) is 0 Å². The van der Waals surface area contributed by atoms with Crippen LogP contribution in [0.1, 0.15) is 73.7 Å². The molecule has 2 nitrogen and oxygen atoms in total. The maximum atomic E-state index is 12.9. The summed E-state index contributed by atoms with van der Waals surface area (Å²) in [5.74, 6) is 0.561. The molecule has 3 heteroatoms. The Kier molecular flexibility index (Phi) is 4.98. The molecule has 1 aromatic rings. The summed E-state index contributed by atoms with van der Waals surface area (Å²) in [5, 5.41) is 0. The van der Waals surface area contributed by atoms with Gasteiger partial charge in [0.2, 0.25) is 5.91 Å². The molecule has 1 saturated carbocycles. The third kappa shape index (κ3) is 3.35. The van der Waals surface area contributed by atoms with Gasteiger partial charge in [0.15, 0.2) is 8.24 Å². The molecule has 0 saturated heterocycles. The number of fused-ring (bicyclic) bond motifs is 1. The van der Waals surface area contributed by atoms with Crippen molar-refractivity contribution in [2.75, 3.05) is 0 Å². The van der Waals surface area contributed by atoms with Gasteiger partial charge in [0.1, 0.15) is 0 Å². The first kappa shape index (κ1) is 18.4. The molecule has 1 atom stereocenters. The van der Waals surface area contributed by atoms with E-state index in [-0.39, 0.29) is 5.92 Å². The lowest BCUT2D eigenvalue weighted by molar-refractivity contribution is -0.124. The van der Waals surface area contributed by atoms with Gasteiger partial charge < -0.3 is 4.98 Å². The number of nitrogens with one attached hydrogen (secondary N) is 1. The molecule has 1 aromatic carbocycles. The van der Waals surface area contributed by atoms with Crippen molar-refractivity contribution in [2.24, 2.45) is 5.92 Å². The van der Waals surface area contributed by atoms with Gasteiger partial charge in [-0.15, -0.1) is 0 Å². The average Bonchev–Trinajstić information content (AvgIpc) is 2.79. The van der Waals surface area contributed by atoms with E-state index in [9.17, 15) is 4.79 Å². The highest BCUT2D eigenvalue weighted by atomic mass is 28.3. The molecule has 0 aromatic heterocycles. The quantitative estimate of drug-likeness (QED) is 0.699. The molecule has 0 bridgehead atoms. The van der Waals surface area contributed by atoms with Crippen LogP contribution in [-0.4, -0.2) is 14.1 Å². The molecular formula is C22H33NOSi. The SMILES string of the molecule is CC1=C(C)C([Si](C)(C)NC(=O)C2CCCCC2)c2cc(C)cc(C)c21. The average molecular weight is 356 g/mol. The van der Waals surface area contributed by atoms with Gasteiger partial charge in [-0.1, -0.05) is 55.6 Å². The van der Waals surface area contributed by atoms with E-state index in [1.54, 1.807) is 0 Å². The van der Waals surface area contributed by atoms with E-state index >= 15 is 0 Å². The van der Waals surface area contributed by atoms with E-state index in [1.807, 2.05) is 0 Å². The number of carbonyl (C=O) groups excluding carboxylic acids is 1. The number of hydrogen-bond donors (Lipinski definition) is 1. The van der Waals surface area contributed by atoms with Crippen LogP contribution in [0.25, 0.3) is 5.57 Å². The molecule has 0 aliphatic heterocycles. The van der Waals surface area contributed by atoms with Crippen molar-refractivity contribution in [3.8, 4) is 0 Å². The Bertz CT molecular complexity index is 726. The summed E-state index contributed by atoms with van der Waals surface area (Å²) < 4.78 is 0. The summed E-state index contributed by atoms with van der Waals surface area (Å²) in [6.07, 6.45) is 5.86. The standard InChI is InChI=1S/C22H33NOSi/c1-14-12-15(2)20-16(3)17(4)21(19(20)13-14)25(5,6)23-22(24)18-10-8-7-9-11-18/h12-13,18,21H,7-11H2,1-6H3,(H,23,24). The third-order valence-corrected chi connectivity index (χ3v) is 9.44. The van der Waals surface area contributed by atoms with Crippen LogP contribution in [0.2, 0.25) is 13.1 Å². The fourth-order valence-electron chi connectivity index (χ4n) is 5.17. The van der Waals surface area contributed by atoms with Crippen LogP contribution in [0.15, 0.2) is 17.7 Å². The highest BCUT2D eigenvalue weighted by molar-refractivity contribution is 6.79. The lowest BCUT2D eigenvalue weighted by Gasteiger charge is -2.34. The van der Waals surface area contributed by atoms with Crippen molar-refractivity contribution in [3.05, 3.63) is 40.0 Å². The lowest BCUT2D eigenvalue weighted by atomic mass is 9.89. The normalized spacial score (nSPS) is 21.4. The Morgan fingerprint density at radius 1 is 1.04 bits per heavy atom. The minimum absolute atomic E-state index is 0.242. The molecule has 2 aliphatic carbocycles. The Hall–Kier alpha value is -1.35. The first-order valence-electron chi connectivity index (χ1n) is 9.83. The highest BCUT2D eigenvalue weighted by Crippen LogP contribution is 2.47. The van der Waals surface area contributed by atoms with Crippen molar-refractivity contribution in [1.82, 2.24) is 4.98 Å². The number of aryl methyl sites for hydroxylation is 2. The maximum Gasteiger partial charge on any atom is 0.215 e. The van der Waals surface area contributed by atoms with E-state index in [0.717, 1.165) is 12.8 Å². The van der Waals surface area contributed by atoms with Crippen LogP contribution in [0.4, 0.5) is 0 Å². The van der Waals surface area contributed by atoms with Crippen LogP contribution in [-0.2, 0) is 4.79 Å². The summed E-state index contributed by atoms with van der Waals surface area (Å²) in [4.78, 5) is 16.5. The lowest BCUT2D eigenvalue weighted by Crippen LogP contribution is -2.55. The van der Waals surface area contributed by atoms with E-state index < -0.39 is 8.24 Å². The van der Waals surface area contributed by atoms with Crippen LogP contribution >= 0.6 is 0 Å². The van der Waals surface area contributed by atoms with E-state index in [2.05, 4.69) is 57.9 Å². The smallest absolute Gasteiger partial charge is 0.215 e. The highest BCUT2D eigenvalue weighted by Gasteiger charge is 2.42. The van der Waals surface area contributed by atoms with Crippen molar-refractivity contribution in [3.63, 3.8) is 0 Å². The summed E-state index contributed by atoms with van der Waals surface area (Å²) in [5.41, 5.74) is 8.86. The van der Waals surface area contributed by atoms with E-state index in [4.69, 9.17) is 0 Å². The summed E-state index contributed by atoms with van der Waals surface area (Å²) >= 11 is 0. The van der Waals surface area contributed by atoms with Gasteiger partial charge in [-0.05, 0) is 62.8 Å². The first-order chi connectivity index (χ1) is 11.7. The minimum Gasteiger partial charge on any atom is -0.381 e. The Labute approximate surface area is 154 Å². The van der Waals surface area contributed by atoms with Crippen molar-refractivity contribution < 1.29 is 4.79 Å². The number of hydrogen-bond acceptors (Lipinski definition) is 1. The maximum absolute atomic E-state index is 12.9. The van der Waals surface area contributed by atoms with Crippen LogP contribution in [0, 0.1) is 19.8 Å². The zero-order valence-electron chi connectivity index (χ0n) is 16.8. The molecule has 0 spiro atoms. The Morgan fingerprint density at radius 3 is 2.32 bits per heavy atom. The van der Waals surface area contributed by atoms with Gasteiger partial charge in [0, 0.05) is 11.5 Å². The third-order valence-electron chi connectivity index (χ3n) is 6.36. The van der Waals surface area contributed by atoms with E-state index in [0.29, 0.717) is 11.4 Å². The molecule has 0 radical (unpaired) electrons. The second-order valence-electron chi connectivity index (χ2n) is 8.83. The molecular weight excluding hydrogens is 322 g/mol. The second kappa shape index (κ2) is 6.75. The van der Waals surface area contributed by atoms with Crippen LogP contribution < -0.4 is 4.98 Å². The monoisotopic (exact) mass is 355 g/mol. The molecule has 3 rings (SSSR count). The van der Waals surface area contributed by atoms with Crippen molar-refractivity contribution >= 4 is 19.7 Å². The minimum atomic E-state index is -1.98. The van der Waals surface area contributed by atoms with Gasteiger partial charge in [0.05, 0.1) is 0 Å². The molecule has 136 valence electrons. The second-order valence-corrected chi connectivity index (χ2v) is 13.1. The zero-order chi connectivity index (χ0) is 18.4. The van der Waals surface area contributed by atoms with Gasteiger partial charge in [0.25, 0.3) is 0 Å². The van der Waals surface area contributed by atoms with Gasteiger partial charge in [-0.2, -0.15) is 0 Å². The van der Waals surface area contributed by atoms with Crippen LogP contribution in [0.3, 0.4) is 0 Å². The molecule has 25 heavy (non-hydrogen) atoms. The summed E-state index contributed by atoms with van der Waals surface area (Å²) in [6, 6.07) is 4.64. The first-order valence-corrected chi connectivity index (χ1v) is 12.9. The predicted octanol–water partition coefficient (Wildman–Crippen LogP) is 5.63. The number of carbonyl (C=O) groups is 1. The Morgan fingerprint density at radius 2 is 1.68 bits per heavy atom. The molecule has 2 aliphatic rings. The number of amides is 1.